The summed E-state index contributed by atoms with van der Waals surface area (Å²) in [6.07, 6.45) is 4.34. The summed E-state index contributed by atoms with van der Waals surface area (Å²) < 4.78 is 4.94. The molecule has 0 atom stereocenters. The van der Waals surface area contributed by atoms with Gasteiger partial charge >= 0.3 is 5.97 Å². The van der Waals surface area contributed by atoms with Crippen molar-refractivity contribution in [3.63, 3.8) is 0 Å². The van der Waals surface area contributed by atoms with E-state index in [0.717, 1.165) is 11.4 Å². The van der Waals surface area contributed by atoms with E-state index < -0.39 is 5.97 Å². The Morgan fingerprint density at radius 1 is 1.08 bits per heavy atom. The highest BCUT2D eigenvalue weighted by atomic mass is 16.4. The summed E-state index contributed by atoms with van der Waals surface area (Å²) >= 11 is 0. The topological polar surface area (TPSA) is 95.1 Å². The van der Waals surface area contributed by atoms with Crippen molar-refractivity contribution in [2.75, 3.05) is 18.5 Å². The Hall–Kier alpha value is -3.09. The molecule has 1 aliphatic heterocycles. The third kappa shape index (κ3) is 3.62. The molecule has 24 heavy (non-hydrogen) atoms. The maximum absolute atomic E-state index is 12.2. The number of piperidine rings is 1. The van der Waals surface area contributed by atoms with Crippen molar-refractivity contribution in [3.05, 3.63) is 54.0 Å². The third-order valence-corrected chi connectivity index (χ3v) is 3.87. The fourth-order valence-corrected chi connectivity index (χ4v) is 2.48. The first-order chi connectivity index (χ1) is 11.6. The Labute approximate surface area is 138 Å². The largest absolute Gasteiger partial charge is 0.478 e. The lowest BCUT2D eigenvalue weighted by molar-refractivity contribution is 0.0695. The highest BCUT2D eigenvalue weighted by Crippen LogP contribution is 2.14. The number of carboxylic acids is 1. The molecule has 2 aromatic rings. The second-order valence-corrected chi connectivity index (χ2v) is 5.48. The number of hydrogen-bond donors (Lipinski definition) is 2. The van der Waals surface area contributed by atoms with Gasteiger partial charge in [-0.1, -0.05) is 0 Å². The molecule has 2 N–H and O–H groups in total. The third-order valence-electron chi connectivity index (χ3n) is 3.87. The second kappa shape index (κ2) is 6.99. The number of hydrogen-bond acceptors (Lipinski definition) is 5. The van der Waals surface area contributed by atoms with Crippen LogP contribution in [0.1, 0.15) is 33.6 Å². The number of hydrazone groups is 1. The number of anilines is 1. The van der Waals surface area contributed by atoms with Crippen LogP contribution in [0.2, 0.25) is 0 Å². The molecular formula is C17H17N3O4. The molecule has 1 aliphatic rings. The first kappa shape index (κ1) is 15.8. The predicted molar refractivity (Wildman–Crippen MR) is 88.3 cm³/mol. The SMILES string of the molecule is O=C(O)c1ccc(NN=C2CCN(C(=O)c3ccoc3)CC2)cc1. The van der Waals surface area contributed by atoms with E-state index in [4.69, 9.17) is 9.52 Å². The average molecular weight is 327 g/mol. The Morgan fingerprint density at radius 3 is 2.38 bits per heavy atom. The van der Waals surface area contributed by atoms with Gasteiger partial charge in [-0.2, -0.15) is 5.10 Å². The molecule has 1 fully saturated rings. The molecule has 124 valence electrons. The Bertz CT molecular complexity index is 741. The van der Waals surface area contributed by atoms with E-state index in [-0.39, 0.29) is 11.5 Å². The molecule has 0 spiro atoms. The zero-order valence-corrected chi connectivity index (χ0v) is 12.9. The van der Waals surface area contributed by atoms with E-state index in [2.05, 4.69) is 10.5 Å². The van der Waals surface area contributed by atoms with Crippen LogP contribution in [0.3, 0.4) is 0 Å². The summed E-state index contributed by atoms with van der Waals surface area (Å²) in [7, 11) is 0. The number of likely N-dealkylation sites (tertiary alicyclic amines) is 1. The van der Waals surface area contributed by atoms with Gasteiger partial charge in [0.15, 0.2) is 0 Å². The molecule has 0 aliphatic carbocycles. The van der Waals surface area contributed by atoms with Crippen LogP contribution in [0.15, 0.2) is 52.4 Å². The molecule has 3 rings (SSSR count). The molecule has 2 heterocycles. The summed E-state index contributed by atoms with van der Waals surface area (Å²) in [6, 6.07) is 8.05. The van der Waals surface area contributed by atoms with Gasteiger partial charge in [-0.15, -0.1) is 0 Å². The van der Waals surface area contributed by atoms with Crippen LogP contribution in [-0.2, 0) is 0 Å². The van der Waals surface area contributed by atoms with Crippen LogP contribution in [0.5, 0.6) is 0 Å². The fraction of sp³-hybridized carbons (Fsp3) is 0.235. The Kier molecular flexibility index (Phi) is 4.60. The molecule has 0 radical (unpaired) electrons. The number of furan rings is 1. The minimum Gasteiger partial charge on any atom is -0.478 e. The van der Waals surface area contributed by atoms with Gasteiger partial charge in [-0.3, -0.25) is 10.2 Å². The number of nitrogens with one attached hydrogen (secondary N) is 1. The van der Waals surface area contributed by atoms with Crippen molar-refractivity contribution in [1.29, 1.82) is 0 Å². The van der Waals surface area contributed by atoms with Crippen molar-refractivity contribution in [3.8, 4) is 0 Å². The van der Waals surface area contributed by atoms with Crippen molar-refractivity contribution in [2.24, 2.45) is 5.10 Å². The molecule has 0 unspecified atom stereocenters. The number of amides is 1. The van der Waals surface area contributed by atoms with E-state index in [0.29, 0.717) is 31.5 Å². The minimum absolute atomic E-state index is 0.0278. The second-order valence-electron chi connectivity index (χ2n) is 5.48. The molecular weight excluding hydrogens is 310 g/mol. The average Bonchev–Trinajstić information content (AvgIpc) is 3.15. The molecule has 7 heteroatoms. The maximum Gasteiger partial charge on any atom is 0.335 e. The van der Waals surface area contributed by atoms with Gasteiger partial charge in [-0.05, 0) is 30.3 Å². The molecule has 0 saturated carbocycles. The zero-order chi connectivity index (χ0) is 16.9. The van der Waals surface area contributed by atoms with Gasteiger partial charge in [0.05, 0.1) is 23.1 Å². The number of carbonyl (C=O) groups is 2. The molecule has 7 nitrogen and oxygen atoms in total. The van der Waals surface area contributed by atoms with Crippen LogP contribution in [0.25, 0.3) is 0 Å². The molecule has 1 aromatic carbocycles. The van der Waals surface area contributed by atoms with Crippen LogP contribution < -0.4 is 5.43 Å². The van der Waals surface area contributed by atoms with Gasteiger partial charge in [0, 0.05) is 31.6 Å². The Morgan fingerprint density at radius 2 is 1.79 bits per heavy atom. The zero-order valence-electron chi connectivity index (χ0n) is 12.9. The van der Waals surface area contributed by atoms with Crippen molar-refractivity contribution < 1.29 is 19.1 Å². The number of carbonyl (C=O) groups excluding carboxylic acids is 1. The van der Waals surface area contributed by atoms with E-state index >= 15 is 0 Å². The number of nitrogens with zero attached hydrogens (tertiary/aromatic N) is 2. The maximum atomic E-state index is 12.2. The summed E-state index contributed by atoms with van der Waals surface area (Å²) in [5, 5.41) is 13.2. The smallest absolute Gasteiger partial charge is 0.335 e. The van der Waals surface area contributed by atoms with Crippen LogP contribution >= 0.6 is 0 Å². The molecule has 1 aromatic heterocycles. The van der Waals surface area contributed by atoms with E-state index in [9.17, 15) is 9.59 Å². The van der Waals surface area contributed by atoms with Gasteiger partial charge in [0.25, 0.3) is 5.91 Å². The van der Waals surface area contributed by atoms with E-state index in [1.54, 1.807) is 23.1 Å². The quantitative estimate of drug-likeness (QED) is 0.842. The Balaban J connectivity index is 1.53. The molecule has 1 saturated heterocycles. The molecule has 1 amide bonds. The van der Waals surface area contributed by atoms with E-state index in [1.807, 2.05) is 0 Å². The number of benzene rings is 1. The number of carboxylic acid groups (broad SMARTS) is 1. The number of rotatable bonds is 4. The number of aromatic carboxylic acids is 1. The summed E-state index contributed by atoms with van der Waals surface area (Å²) in [4.78, 5) is 24.8. The first-order valence-corrected chi connectivity index (χ1v) is 7.60. The lowest BCUT2D eigenvalue weighted by atomic mass is 10.1. The molecule has 0 bridgehead atoms. The van der Waals surface area contributed by atoms with Crippen molar-refractivity contribution in [1.82, 2.24) is 4.90 Å². The van der Waals surface area contributed by atoms with E-state index in [1.165, 1.54) is 24.7 Å². The lowest BCUT2D eigenvalue weighted by Crippen LogP contribution is -2.38. The summed E-state index contributed by atoms with van der Waals surface area (Å²) in [5.74, 6) is -0.984. The highest BCUT2D eigenvalue weighted by Gasteiger charge is 2.21. The van der Waals surface area contributed by atoms with Crippen LogP contribution in [-0.4, -0.2) is 40.7 Å². The predicted octanol–water partition coefficient (Wildman–Crippen LogP) is 2.68. The van der Waals surface area contributed by atoms with Crippen molar-refractivity contribution in [2.45, 2.75) is 12.8 Å². The van der Waals surface area contributed by atoms with Gasteiger partial charge < -0.3 is 14.4 Å². The first-order valence-electron chi connectivity index (χ1n) is 7.60. The normalized spacial score (nSPS) is 14.3. The lowest BCUT2D eigenvalue weighted by Gasteiger charge is -2.27. The van der Waals surface area contributed by atoms with Crippen LogP contribution in [0, 0.1) is 0 Å². The van der Waals surface area contributed by atoms with Gasteiger partial charge in [-0.25, -0.2) is 4.79 Å². The van der Waals surface area contributed by atoms with Gasteiger partial charge in [0.2, 0.25) is 0 Å². The highest BCUT2D eigenvalue weighted by molar-refractivity contribution is 5.95. The monoisotopic (exact) mass is 327 g/mol. The summed E-state index contributed by atoms with van der Waals surface area (Å²) in [5.41, 5.74) is 5.43. The summed E-state index contributed by atoms with van der Waals surface area (Å²) in [6.45, 7) is 1.23. The van der Waals surface area contributed by atoms with Crippen molar-refractivity contribution >= 4 is 23.3 Å². The minimum atomic E-state index is -0.956. The standard InChI is InChI=1S/C17H17N3O4/c21-16(13-7-10-24-11-13)20-8-5-15(6-9-20)19-18-14-3-1-12(2-4-14)17(22)23/h1-4,7,10-11,18H,5-6,8-9H2,(H,22,23). The fourth-order valence-electron chi connectivity index (χ4n) is 2.48. The van der Waals surface area contributed by atoms with Gasteiger partial charge in [0.1, 0.15) is 6.26 Å². The van der Waals surface area contributed by atoms with Crippen LogP contribution in [0.4, 0.5) is 5.69 Å².